The molecular formula is C13H10ClNO5S. The molecule has 110 valence electrons. The lowest BCUT2D eigenvalue weighted by atomic mass is 10.3. The highest BCUT2D eigenvalue weighted by Gasteiger charge is 2.16. The van der Waals surface area contributed by atoms with E-state index in [4.69, 9.17) is 11.6 Å². The summed E-state index contributed by atoms with van der Waals surface area (Å²) in [6.45, 7) is 0. The third-order valence-corrected chi connectivity index (χ3v) is 3.92. The maximum Gasteiger partial charge on any atom is 0.340 e. The third-order valence-electron chi connectivity index (χ3n) is 2.48. The van der Waals surface area contributed by atoms with E-state index in [0.717, 1.165) is 12.1 Å². The van der Waals surface area contributed by atoms with Crippen molar-refractivity contribution in [3.63, 3.8) is 0 Å². The van der Waals surface area contributed by atoms with Gasteiger partial charge in [0.2, 0.25) is 0 Å². The van der Waals surface area contributed by atoms with Crippen molar-refractivity contribution in [3.8, 4) is 5.75 Å². The molecule has 0 radical (unpaired) electrons. The Morgan fingerprint density at radius 3 is 2.71 bits per heavy atom. The molecule has 0 saturated heterocycles. The van der Waals surface area contributed by atoms with Crippen LogP contribution in [0, 0.1) is 0 Å². The zero-order valence-electron chi connectivity index (χ0n) is 10.8. The van der Waals surface area contributed by atoms with E-state index in [1.54, 1.807) is 12.1 Å². The van der Waals surface area contributed by atoms with E-state index in [2.05, 4.69) is 9.73 Å². The Morgan fingerprint density at radius 2 is 2.10 bits per heavy atom. The van der Waals surface area contributed by atoms with Gasteiger partial charge in [-0.3, -0.25) is 9.00 Å². The van der Waals surface area contributed by atoms with Crippen molar-refractivity contribution in [2.24, 2.45) is 0 Å². The second-order valence-electron chi connectivity index (χ2n) is 4.02. The molecule has 2 aromatic rings. The van der Waals surface area contributed by atoms with Crippen LogP contribution in [0.2, 0.25) is 5.02 Å². The van der Waals surface area contributed by atoms with Crippen molar-refractivity contribution < 1.29 is 18.5 Å². The van der Waals surface area contributed by atoms with Crippen molar-refractivity contribution in [2.45, 2.75) is 4.90 Å². The Kier molecular flexibility index (Phi) is 4.44. The van der Waals surface area contributed by atoms with E-state index >= 15 is 0 Å². The van der Waals surface area contributed by atoms with Crippen molar-refractivity contribution in [1.29, 1.82) is 0 Å². The summed E-state index contributed by atoms with van der Waals surface area (Å²) in [5.74, 6) is -1.52. The van der Waals surface area contributed by atoms with E-state index in [1.807, 2.05) is 0 Å². The number of benzene rings is 1. The summed E-state index contributed by atoms with van der Waals surface area (Å²) in [6, 6.07) is 6.48. The molecule has 0 aliphatic heterocycles. The van der Waals surface area contributed by atoms with Crippen molar-refractivity contribution in [1.82, 2.24) is 0 Å². The predicted octanol–water partition coefficient (Wildman–Crippen LogP) is 1.99. The van der Waals surface area contributed by atoms with Crippen LogP contribution in [0.4, 0.5) is 5.69 Å². The Morgan fingerprint density at radius 1 is 1.38 bits per heavy atom. The maximum absolute atomic E-state index is 12.0. The first-order valence-electron chi connectivity index (χ1n) is 5.66. The number of amides is 1. The van der Waals surface area contributed by atoms with Gasteiger partial charge in [0.05, 0.1) is 32.5 Å². The predicted molar refractivity (Wildman–Crippen MR) is 78.4 cm³/mol. The van der Waals surface area contributed by atoms with Gasteiger partial charge in [-0.2, -0.15) is 0 Å². The molecule has 21 heavy (non-hydrogen) atoms. The number of nitrogens with one attached hydrogen (secondary N) is 1. The van der Waals surface area contributed by atoms with Crippen LogP contribution in [-0.2, 0) is 10.8 Å². The van der Waals surface area contributed by atoms with E-state index in [-0.39, 0.29) is 27.1 Å². The van der Waals surface area contributed by atoms with Gasteiger partial charge >= 0.3 is 5.63 Å². The average molecular weight is 328 g/mol. The second-order valence-corrected chi connectivity index (χ2v) is 5.75. The Labute approximate surface area is 126 Å². The summed E-state index contributed by atoms with van der Waals surface area (Å²) >= 11 is 5.95. The molecule has 0 aliphatic carbocycles. The molecule has 0 aliphatic rings. The summed E-state index contributed by atoms with van der Waals surface area (Å²) in [6.07, 6.45) is 1.42. The van der Waals surface area contributed by atoms with Gasteiger partial charge in [-0.15, -0.1) is 0 Å². The minimum Gasteiger partial charge on any atom is -0.508 e. The standard InChI is InChI=1S/C13H10ClNO5S/c1-21(19)12-8(14)3-2-4-9(12)15-13(18)10-5-7(16)6-11(17)20-10/h2-6,16H,1H3,(H,15,18). The molecule has 6 nitrogen and oxygen atoms in total. The zero-order valence-corrected chi connectivity index (χ0v) is 12.3. The smallest absolute Gasteiger partial charge is 0.340 e. The molecule has 2 N–H and O–H groups in total. The largest absolute Gasteiger partial charge is 0.508 e. The molecule has 0 bridgehead atoms. The summed E-state index contributed by atoms with van der Waals surface area (Å²) in [5, 5.41) is 12.0. The van der Waals surface area contributed by atoms with Crippen LogP contribution in [0.1, 0.15) is 10.6 Å². The first-order chi connectivity index (χ1) is 9.88. The number of hydrogen-bond donors (Lipinski definition) is 2. The molecule has 0 saturated carbocycles. The van der Waals surface area contributed by atoms with Gasteiger partial charge in [-0.1, -0.05) is 17.7 Å². The fraction of sp³-hybridized carbons (Fsp3) is 0.0769. The first kappa shape index (κ1) is 15.3. The molecule has 0 spiro atoms. The number of anilines is 1. The highest BCUT2D eigenvalue weighted by molar-refractivity contribution is 7.84. The number of rotatable bonds is 3. The highest BCUT2D eigenvalue weighted by Crippen LogP contribution is 2.27. The summed E-state index contributed by atoms with van der Waals surface area (Å²) in [5.41, 5.74) is -0.620. The van der Waals surface area contributed by atoms with Crippen LogP contribution in [0.5, 0.6) is 5.75 Å². The summed E-state index contributed by atoms with van der Waals surface area (Å²) < 4.78 is 16.4. The Balaban J connectivity index is 2.38. The fourth-order valence-corrected chi connectivity index (χ4v) is 2.93. The lowest BCUT2D eigenvalue weighted by molar-refractivity contribution is 0.0991. The molecule has 8 heteroatoms. The normalized spacial score (nSPS) is 11.9. The van der Waals surface area contributed by atoms with Gasteiger partial charge in [0.25, 0.3) is 5.91 Å². The van der Waals surface area contributed by atoms with Gasteiger partial charge < -0.3 is 14.8 Å². The van der Waals surface area contributed by atoms with Crippen LogP contribution in [0.15, 0.2) is 44.4 Å². The van der Waals surface area contributed by atoms with E-state index in [9.17, 15) is 18.9 Å². The maximum atomic E-state index is 12.0. The van der Waals surface area contributed by atoms with Gasteiger partial charge in [-0.25, -0.2) is 4.79 Å². The molecular weight excluding hydrogens is 318 g/mol. The van der Waals surface area contributed by atoms with Crippen molar-refractivity contribution in [3.05, 3.63) is 51.5 Å². The Hall–Kier alpha value is -2.12. The number of carbonyl (C=O) groups excluding carboxylic acids is 1. The number of aromatic hydroxyl groups is 1. The van der Waals surface area contributed by atoms with Gasteiger partial charge in [-0.05, 0) is 12.1 Å². The minimum absolute atomic E-state index is 0.235. The van der Waals surface area contributed by atoms with Crippen LogP contribution in [0.25, 0.3) is 0 Å². The van der Waals surface area contributed by atoms with Gasteiger partial charge in [0.15, 0.2) is 5.76 Å². The number of carbonyl (C=O) groups is 1. The molecule has 1 aromatic carbocycles. The molecule has 1 amide bonds. The van der Waals surface area contributed by atoms with Crippen molar-refractivity contribution in [2.75, 3.05) is 11.6 Å². The quantitative estimate of drug-likeness (QED) is 0.898. The summed E-state index contributed by atoms with van der Waals surface area (Å²) in [7, 11) is -1.42. The van der Waals surface area contributed by atoms with Crippen LogP contribution < -0.4 is 10.9 Å². The molecule has 1 heterocycles. The first-order valence-corrected chi connectivity index (χ1v) is 7.59. The number of halogens is 1. The molecule has 1 aromatic heterocycles. The third kappa shape index (κ3) is 3.50. The van der Waals surface area contributed by atoms with Crippen LogP contribution in [0.3, 0.4) is 0 Å². The van der Waals surface area contributed by atoms with Crippen LogP contribution in [-0.4, -0.2) is 21.5 Å². The molecule has 1 atom stereocenters. The summed E-state index contributed by atoms with van der Waals surface area (Å²) in [4.78, 5) is 23.4. The topological polar surface area (TPSA) is 96.6 Å². The molecule has 1 unspecified atom stereocenters. The van der Waals surface area contributed by atoms with Gasteiger partial charge in [0.1, 0.15) is 5.75 Å². The SMILES string of the molecule is CS(=O)c1c(Cl)cccc1NC(=O)c1cc(O)cc(=O)o1. The van der Waals surface area contributed by atoms with E-state index < -0.39 is 22.3 Å². The lowest BCUT2D eigenvalue weighted by Crippen LogP contribution is -2.15. The highest BCUT2D eigenvalue weighted by atomic mass is 35.5. The Bertz CT molecular complexity index is 786. The average Bonchev–Trinajstić information content (AvgIpc) is 2.37. The lowest BCUT2D eigenvalue weighted by Gasteiger charge is -2.10. The fourth-order valence-electron chi connectivity index (χ4n) is 1.66. The van der Waals surface area contributed by atoms with E-state index in [1.165, 1.54) is 12.3 Å². The number of hydrogen-bond acceptors (Lipinski definition) is 5. The van der Waals surface area contributed by atoms with Crippen molar-refractivity contribution >= 4 is 34.0 Å². The van der Waals surface area contributed by atoms with E-state index in [0.29, 0.717) is 0 Å². The second kappa shape index (κ2) is 6.11. The van der Waals surface area contributed by atoms with Crippen LogP contribution >= 0.6 is 11.6 Å². The van der Waals surface area contributed by atoms with Gasteiger partial charge in [0, 0.05) is 12.3 Å². The monoisotopic (exact) mass is 327 g/mol. The minimum atomic E-state index is -1.42. The molecule has 0 fully saturated rings. The zero-order chi connectivity index (χ0) is 15.6. The molecule has 2 rings (SSSR count).